The molecule has 2 rings (SSSR count). The van der Waals surface area contributed by atoms with Crippen molar-refractivity contribution in [1.82, 2.24) is 15.2 Å². The largest absolute Gasteiger partial charge is 0.394 e. The minimum Gasteiger partial charge on any atom is -0.394 e. The molecule has 1 aromatic heterocycles. The van der Waals surface area contributed by atoms with Gasteiger partial charge in [-0.15, -0.1) is 5.10 Å². The van der Waals surface area contributed by atoms with Crippen LogP contribution < -0.4 is 11.1 Å². The van der Waals surface area contributed by atoms with Gasteiger partial charge in [0.05, 0.1) is 11.4 Å². The molecular weight excluding hydrogens is 268 g/mol. The van der Waals surface area contributed by atoms with E-state index in [9.17, 15) is 13.6 Å². The number of carbonyl (C=O) groups is 1. The molecule has 0 aliphatic carbocycles. The van der Waals surface area contributed by atoms with Gasteiger partial charge in [-0.2, -0.15) is 5.10 Å². The molecule has 6 nitrogen and oxygen atoms in total. The molecule has 1 aromatic carbocycles. The van der Waals surface area contributed by atoms with Gasteiger partial charge in [-0.3, -0.25) is 10.1 Å². The maximum absolute atomic E-state index is 13.3. The van der Waals surface area contributed by atoms with Gasteiger partial charge in [-0.05, 0) is 26.0 Å². The maximum Gasteiger partial charge on any atom is 0.258 e. The minimum atomic E-state index is -1.01. The zero-order valence-electron chi connectivity index (χ0n) is 10.7. The summed E-state index contributed by atoms with van der Waals surface area (Å²) in [6, 6.07) is 1.67. The van der Waals surface area contributed by atoms with E-state index in [1.54, 1.807) is 13.8 Å². The SMILES string of the molecule is Cc1nnc(NC(=O)c2cc(F)c(N)c(F)c2)nc1C. The van der Waals surface area contributed by atoms with Crippen LogP contribution in [0.2, 0.25) is 0 Å². The fourth-order valence-electron chi connectivity index (χ4n) is 1.40. The number of rotatable bonds is 2. The monoisotopic (exact) mass is 279 g/mol. The van der Waals surface area contributed by atoms with E-state index < -0.39 is 23.2 Å². The number of benzene rings is 1. The summed E-state index contributed by atoms with van der Waals surface area (Å²) in [5.41, 5.74) is 5.47. The molecule has 0 radical (unpaired) electrons. The molecule has 0 unspecified atom stereocenters. The number of carbonyl (C=O) groups excluding carboxylic acids is 1. The molecule has 1 amide bonds. The number of aromatic nitrogens is 3. The predicted molar refractivity (Wildman–Crippen MR) is 68.0 cm³/mol. The molecule has 3 N–H and O–H groups in total. The predicted octanol–water partition coefficient (Wildman–Crippen LogP) is 1.60. The highest BCUT2D eigenvalue weighted by molar-refractivity contribution is 6.03. The Kier molecular flexibility index (Phi) is 3.55. The Morgan fingerprint density at radius 3 is 2.30 bits per heavy atom. The Hall–Kier alpha value is -2.64. The van der Waals surface area contributed by atoms with Crippen molar-refractivity contribution >= 4 is 17.5 Å². The lowest BCUT2D eigenvalue weighted by molar-refractivity contribution is 0.102. The first-order valence-corrected chi connectivity index (χ1v) is 5.62. The van der Waals surface area contributed by atoms with Crippen molar-refractivity contribution in [2.75, 3.05) is 11.1 Å². The van der Waals surface area contributed by atoms with Gasteiger partial charge in [-0.1, -0.05) is 0 Å². The highest BCUT2D eigenvalue weighted by Crippen LogP contribution is 2.17. The molecule has 0 atom stereocenters. The number of nitrogen functional groups attached to an aromatic ring is 1. The summed E-state index contributed by atoms with van der Waals surface area (Å²) in [6.07, 6.45) is 0. The number of amides is 1. The zero-order valence-corrected chi connectivity index (χ0v) is 10.7. The first kappa shape index (κ1) is 13.8. The summed E-state index contributed by atoms with van der Waals surface area (Å²) in [5.74, 6) is -2.81. The molecule has 0 saturated heterocycles. The molecule has 2 aromatic rings. The minimum absolute atomic E-state index is 0.0456. The van der Waals surface area contributed by atoms with Gasteiger partial charge < -0.3 is 5.73 Å². The Morgan fingerprint density at radius 2 is 1.75 bits per heavy atom. The molecule has 1 heterocycles. The standard InChI is InChI=1S/C12H11F2N5O/c1-5-6(2)18-19-12(16-5)17-11(20)7-3-8(13)10(15)9(14)4-7/h3-4H,15H2,1-2H3,(H,16,17,19,20). The van der Waals surface area contributed by atoms with Crippen LogP contribution >= 0.6 is 0 Å². The molecule has 0 aliphatic heterocycles. The van der Waals surface area contributed by atoms with Crippen LogP contribution in [-0.2, 0) is 0 Å². The van der Waals surface area contributed by atoms with Gasteiger partial charge in [0.15, 0.2) is 0 Å². The van der Waals surface area contributed by atoms with Gasteiger partial charge in [0.1, 0.15) is 17.3 Å². The lowest BCUT2D eigenvalue weighted by Gasteiger charge is -2.06. The normalized spacial score (nSPS) is 10.4. The zero-order chi connectivity index (χ0) is 14.9. The van der Waals surface area contributed by atoms with E-state index in [0.717, 1.165) is 12.1 Å². The molecule has 20 heavy (non-hydrogen) atoms. The molecule has 0 bridgehead atoms. The summed E-state index contributed by atoms with van der Waals surface area (Å²) in [6.45, 7) is 3.41. The first-order chi connectivity index (χ1) is 9.38. The van der Waals surface area contributed by atoms with E-state index in [2.05, 4.69) is 20.5 Å². The van der Waals surface area contributed by atoms with E-state index in [4.69, 9.17) is 5.73 Å². The number of nitrogens with zero attached hydrogens (tertiary/aromatic N) is 3. The van der Waals surface area contributed by atoms with E-state index in [-0.39, 0.29) is 11.5 Å². The molecule has 104 valence electrons. The number of nitrogens with two attached hydrogens (primary N) is 1. The number of hydrogen-bond acceptors (Lipinski definition) is 5. The summed E-state index contributed by atoms with van der Waals surface area (Å²) >= 11 is 0. The second-order valence-electron chi connectivity index (χ2n) is 4.11. The number of nitrogens with one attached hydrogen (secondary N) is 1. The Labute approximate surface area is 113 Å². The second-order valence-corrected chi connectivity index (χ2v) is 4.11. The van der Waals surface area contributed by atoms with Crippen molar-refractivity contribution in [1.29, 1.82) is 0 Å². The summed E-state index contributed by atoms with van der Waals surface area (Å²) in [5, 5.41) is 9.74. The lowest BCUT2D eigenvalue weighted by atomic mass is 10.2. The Morgan fingerprint density at radius 1 is 1.15 bits per heavy atom. The maximum atomic E-state index is 13.3. The van der Waals surface area contributed by atoms with E-state index in [0.29, 0.717) is 11.4 Å². The van der Waals surface area contributed by atoms with E-state index in [1.165, 1.54) is 0 Å². The number of hydrogen-bond donors (Lipinski definition) is 2. The summed E-state index contributed by atoms with van der Waals surface area (Å²) in [7, 11) is 0. The van der Waals surface area contributed by atoms with Crippen LogP contribution in [0.25, 0.3) is 0 Å². The van der Waals surface area contributed by atoms with Crippen LogP contribution in [-0.4, -0.2) is 21.1 Å². The fourth-order valence-corrected chi connectivity index (χ4v) is 1.40. The van der Waals surface area contributed by atoms with Crippen LogP contribution in [0, 0.1) is 25.5 Å². The lowest BCUT2D eigenvalue weighted by Crippen LogP contribution is -2.16. The van der Waals surface area contributed by atoms with Gasteiger partial charge in [0.2, 0.25) is 5.95 Å². The first-order valence-electron chi connectivity index (χ1n) is 5.62. The van der Waals surface area contributed by atoms with E-state index >= 15 is 0 Å². The highest BCUT2D eigenvalue weighted by atomic mass is 19.1. The number of anilines is 2. The smallest absolute Gasteiger partial charge is 0.258 e. The third kappa shape index (κ3) is 2.68. The van der Waals surface area contributed by atoms with Crippen molar-refractivity contribution in [3.63, 3.8) is 0 Å². The van der Waals surface area contributed by atoms with Crippen LogP contribution in [0.5, 0.6) is 0 Å². The van der Waals surface area contributed by atoms with Crippen LogP contribution in [0.4, 0.5) is 20.4 Å². The second kappa shape index (κ2) is 5.16. The van der Waals surface area contributed by atoms with Crippen LogP contribution in [0.15, 0.2) is 12.1 Å². The molecule has 0 saturated carbocycles. The van der Waals surface area contributed by atoms with Gasteiger partial charge in [-0.25, -0.2) is 13.8 Å². The van der Waals surface area contributed by atoms with Crippen molar-refractivity contribution in [2.24, 2.45) is 0 Å². The highest BCUT2D eigenvalue weighted by Gasteiger charge is 2.14. The topological polar surface area (TPSA) is 93.8 Å². The number of aryl methyl sites for hydroxylation is 2. The van der Waals surface area contributed by atoms with Gasteiger partial charge in [0.25, 0.3) is 5.91 Å². The molecular formula is C12H11F2N5O. The van der Waals surface area contributed by atoms with Crippen LogP contribution in [0.1, 0.15) is 21.7 Å². The van der Waals surface area contributed by atoms with Gasteiger partial charge in [0, 0.05) is 5.56 Å². The van der Waals surface area contributed by atoms with Crippen molar-refractivity contribution in [3.8, 4) is 0 Å². The van der Waals surface area contributed by atoms with Gasteiger partial charge >= 0.3 is 0 Å². The Bertz CT molecular complexity index is 667. The quantitative estimate of drug-likeness (QED) is 0.814. The van der Waals surface area contributed by atoms with Crippen LogP contribution in [0.3, 0.4) is 0 Å². The third-order valence-corrected chi connectivity index (χ3v) is 2.66. The number of halogens is 2. The summed E-state index contributed by atoms with van der Waals surface area (Å²) < 4.78 is 26.5. The third-order valence-electron chi connectivity index (χ3n) is 2.66. The van der Waals surface area contributed by atoms with E-state index in [1.807, 2.05) is 0 Å². The van der Waals surface area contributed by atoms with Crippen molar-refractivity contribution < 1.29 is 13.6 Å². The summed E-state index contributed by atoms with van der Waals surface area (Å²) in [4.78, 5) is 15.8. The molecule has 0 aliphatic rings. The molecule has 8 heteroatoms. The van der Waals surface area contributed by atoms with Crippen molar-refractivity contribution in [3.05, 3.63) is 40.7 Å². The Balaban J connectivity index is 2.26. The average Bonchev–Trinajstić information content (AvgIpc) is 2.39. The molecule has 0 spiro atoms. The molecule has 0 fully saturated rings. The average molecular weight is 279 g/mol. The fraction of sp³-hybridized carbons (Fsp3) is 0.167. The van der Waals surface area contributed by atoms with Crippen molar-refractivity contribution in [2.45, 2.75) is 13.8 Å².